The number of nitrogens with zero attached hydrogens (tertiary/aromatic N) is 1. The van der Waals surface area contributed by atoms with Gasteiger partial charge >= 0.3 is 0 Å². The van der Waals surface area contributed by atoms with Crippen LogP contribution in [0.5, 0.6) is 0 Å². The fourth-order valence-electron chi connectivity index (χ4n) is 2.01. The predicted molar refractivity (Wildman–Crippen MR) is 71.2 cm³/mol. The van der Waals surface area contributed by atoms with Crippen LogP contribution in [0.2, 0.25) is 5.02 Å². The summed E-state index contributed by atoms with van der Waals surface area (Å²) in [6, 6.07) is 7.25. The van der Waals surface area contributed by atoms with Crippen LogP contribution in [0.15, 0.2) is 29.3 Å². The van der Waals surface area contributed by atoms with Crippen molar-refractivity contribution in [2.24, 2.45) is 10.4 Å². The highest BCUT2D eigenvalue weighted by Crippen LogP contribution is 2.32. The van der Waals surface area contributed by atoms with Crippen molar-refractivity contribution < 1.29 is 4.79 Å². The first kappa shape index (κ1) is 12.3. The van der Waals surface area contributed by atoms with Crippen LogP contribution in [0, 0.1) is 5.41 Å². The molecule has 0 bridgehead atoms. The minimum absolute atomic E-state index is 0.121. The number of rotatable bonds is 1. The van der Waals surface area contributed by atoms with Crippen molar-refractivity contribution in [2.45, 2.75) is 33.1 Å². The summed E-state index contributed by atoms with van der Waals surface area (Å²) in [4.78, 5) is 16.3. The molecule has 2 rings (SSSR count). The van der Waals surface area contributed by atoms with Gasteiger partial charge in [0.05, 0.1) is 11.4 Å². The van der Waals surface area contributed by atoms with Crippen molar-refractivity contribution in [3.63, 3.8) is 0 Å². The molecule has 0 radical (unpaired) electrons. The number of halogens is 1. The maximum absolute atomic E-state index is 11.9. The standard InChI is InChI=1S/C14H16ClNO/c1-14(2)8-7-12(13(17)9-14)16-11-5-3-10(15)4-6-11/h3-6H,7-9H2,1-2H3. The second-order valence-corrected chi connectivity index (χ2v) is 5.74. The molecule has 0 saturated heterocycles. The summed E-state index contributed by atoms with van der Waals surface area (Å²) >= 11 is 5.81. The highest BCUT2D eigenvalue weighted by atomic mass is 35.5. The Morgan fingerprint density at radius 3 is 2.47 bits per heavy atom. The van der Waals surface area contributed by atoms with Gasteiger partial charge in [-0.2, -0.15) is 0 Å². The van der Waals surface area contributed by atoms with Crippen LogP contribution < -0.4 is 0 Å². The molecule has 1 aliphatic carbocycles. The summed E-state index contributed by atoms with van der Waals surface area (Å²) < 4.78 is 0. The van der Waals surface area contributed by atoms with Crippen molar-refractivity contribution >= 4 is 28.8 Å². The third-order valence-electron chi connectivity index (χ3n) is 3.09. The molecule has 1 fully saturated rings. The Morgan fingerprint density at radius 1 is 1.24 bits per heavy atom. The van der Waals surface area contributed by atoms with Crippen LogP contribution in [0.3, 0.4) is 0 Å². The van der Waals surface area contributed by atoms with E-state index < -0.39 is 0 Å². The SMILES string of the molecule is CC1(C)CCC(=Nc2ccc(Cl)cc2)C(=O)C1. The van der Waals surface area contributed by atoms with Gasteiger partial charge < -0.3 is 0 Å². The number of benzene rings is 1. The summed E-state index contributed by atoms with van der Waals surface area (Å²) in [7, 11) is 0. The van der Waals surface area contributed by atoms with Crippen LogP contribution in [0.4, 0.5) is 5.69 Å². The number of Topliss-reactive ketones (excluding diaryl/α,β-unsaturated/α-hetero) is 1. The summed E-state index contributed by atoms with van der Waals surface area (Å²) in [5.74, 6) is 0.177. The molecular formula is C14H16ClNO. The molecule has 90 valence electrons. The number of hydrogen-bond acceptors (Lipinski definition) is 2. The van der Waals surface area contributed by atoms with Crippen LogP contribution in [0.1, 0.15) is 33.1 Å². The van der Waals surface area contributed by atoms with Gasteiger partial charge in [-0.25, -0.2) is 4.99 Å². The largest absolute Gasteiger partial charge is 0.293 e. The summed E-state index contributed by atoms with van der Waals surface area (Å²) in [5.41, 5.74) is 1.62. The van der Waals surface area contributed by atoms with Gasteiger partial charge in [0.2, 0.25) is 0 Å². The van der Waals surface area contributed by atoms with Crippen molar-refractivity contribution in [1.82, 2.24) is 0 Å². The van der Waals surface area contributed by atoms with Gasteiger partial charge in [-0.15, -0.1) is 0 Å². The second-order valence-electron chi connectivity index (χ2n) is 5.30. The van der Waals surface area contributed by atoms with E-state index in [9.17, 15) is 4.79 Å². The molecule has 0 aliphatic heterocycles. The Morgan fingerprint density at radius 2 is 1.88 bits per heavy atom. The smallest absolute Gasteiger partial charge is 0.177 e. The van der Waals surface area contributed by atoms with Crippen LogP contribution in [-0.2, 0) is 4.79 Å². The first-order chi connectivity index (χ1) is 7.96. The molecule has 0 unspecified atom stereocenters. The van der Waals surface area contributed by atoms with E-state index >= 15 is 0 Å². The third kappa shape index (κ3) is 3.16. The molecule has 0 aromatic heterocycles. The zero-order chi connectivity index (χ0) is 12.5. The topological polar surface area (TPSA) is 29.4 Å². The first-order valence-corrected chi connectivity index (χ1v) is 6.20. The zero-order valence-electron chi connectivity index (χ0n) is 10.2. The van der Waals surface area contributed by atoms with Crippen LogP contribution >= 0.6 is 11.6 Å². The second kappa shape index (κ2) is 4.61. The maximum atomic E-state index is 11.9. The van der Waals surface area contributed by atoms with Gasteiger partial charge in [0, 0.05) is 11.4 Å². The van der Waals surface area contributed by atoms with E-state index in [0.717, 1.165) is 18.5 Å². The molecule has 17 heavy (non-hydrogen) atoms. The quantitative estimate of drug-likeness (QED) is 0.734. The van der Waals surface area contributed by atoms with Gasteiger partial charge in [0.15, 0.2) is 5.78 Å². The summed E-state index contributed by atoms with van der Waals surface area (Å²) in [6.45, 7) is 4.26. The zero-order valence-corrected chi connectivity index (χ0v) is 10.9. The number of hydrogen-bond donors (Lipinski definition) is 0. The molecule has 3 heteroatoms. The fourth-order valence-corrected chi connectivity index (χ4v) is 2.14. The van der Waals surface area contributed by atoms with Crippen LogP contribution in [-0.4, -0.2) is 11.5 Å². The Labute approximate surface area is 107 Å². The lowest BCUT2D eigenvalue weighted by atomic mass is 9.76. The Kier molecular flexibility index (Phi) is 3.34. The molecule has 1 aromatic carbocycles. The van der Waals surface area contributed by atoms with Gasteiger partial charge in [0.1, 0.15) is 0 Å². The molecule has 1 aromatic rings. The van der Waals surface area contributed by atoms with E-state index in [1.165, 1.54) is 0 Å². The normalized spacial score (nSPS) is 21.8. The van der Waals surface area contributed by atoms with E-state index in [4.69, 9.17) is 11.6 Å². The molecule has 0 spiro atoms. The summed E-state index contributed by atoms with van der Waals surface area (Å²) in [5, 5.41) is 0.685. The molecule has 1 saturated carbocycles. The lowest BCUT2D eigenvalue weighted by Crippen LogP contribution is -2.30. The monoisotopic (exact) mass is 249 g/mol. The van der Waals surface area contributed by atoms with E-state index in [1.54, 1.807) is 12.1 Å². The van der Waals surface area contributed by atoms with E-state index in [1.807, 2.05) is 12.1 Å². The Hall–Kier alpha value is -1.15. The molecule has 0 amide bonds. The number of carbonyl (C=O) groups excluding carboxylic acids is 1. The highest BCUT2D eigenvalue weighted by molar-refractivity contribution is 6.41. The minimum atomic E-state index is 0.121. The van der Waals surface area contributed by atoms with Crippen molar-refractivity contribution in [3.8, 4) is 0 Å². The molecule has 2 nitrogen and oxygen atoms in total. The lowest BCUT2D eigenvalue weighted by molar-refractivity contribution is -0.115. The highest BCUT2D eigenvalue weighted by Gasteiger charge is 2.30. The van der Waals surface area contributed by atoms with Crippen molar-refractivity contribution in [2.75, 3.05) is 0 Å². The molecule has 0 heterocycles. The number of ketones is 1. The van der Waals surface area contributed by atoms with Gasteiger partial charge in [-0.1, -0.05) is 25.4 Å². The molecular weight excluding hydrogens is 234 g/mol. The maximum Gasteiger partial charge on any atom is 0.177 e. The number of aliphatic imine (C=N–C) groups is 1. The first-order valence-electron chi connectivity index (χ1n) is 5.83. The predicted octanol–water partition coefficient (Wildman–Crippen LogP) is 4.19. The van der Waals surface area contributed by atoms with E-state index in [0.29, 0.717) is 17.2 Å². The van der Waals surface area contributed by atoms with Gasteiger partial charge in [-0.3, -0.25) is 4.79 Å². The molecule has 1 aliphatic rings. The van der Waals surface area contributed by atoms with Crippen molar-refractivity contribution in [3.05, 3.63) is 29.3 Å². The summed E-state index contributed by atoms with van der Waals surface area (Å²) in [6.07, 6.45) is 2.39. The van der Waals surface area contributed by atoms with E-state index in [2.05, 4.69) is 18.8 Å². The third-order valence-corrected chi connectivity index (χ3v) is 3.34. The average Bonchev–Trinajstić information content (AvgIpc) is 2.24. The Balaban J connectivity index is 2.18. The Bertz CT molecular complexity index is 460. The number of carbonyl (C=O) groups is 1. The average molecular weight is 250 g/mol. The minimum Gasteiger partial charge on any atom is -0.293 e. The lowest BCUT2D eigenvalue weighted by Gasteiger charge is -2.28. The van der Waals surface area contributed by atoms with Gasteiger partial charge in [-0.05, 0) is 42.5 Å². The molecule has 0 atom stereocenters. The van der Waals surface area contributed by atoms with Gasteiger partial charge in [0.25, 0.3) is 0 Å². The van der Waals surface area contributed by atoms with Crippen molar-refractivity contribution in [1.29, 1.82) is 0 Å². The van der Waals surface area contributed by atoms with E-state index in [-0.39, 0.29) is 11.2 Å². The van der Waals surface area contributed by atoms with Crippen LogP contribution in [0.25, 0.3) is 0 Å². The fraction of sp³-hybridized carbons (Fsp3) is 0.429. The molecule has 0 N–H and O–H groups in total.